The molecule has 4 aromatic rings. The molecule has 0 saturated carbocycles. The number of furan rings is 1. The number of benzene rings is 2. The van der Waals surface area contributed by atoms with E-state index >= 15 is 0 Å². The fraction of sp³-hybridized carbons (Fsp3) is 0.0476. The minimum Gasteiger partial charge on any atom is -0.475 e. The van der Waals surface area contributed by atoms with Crippen LogP contribution in [0, 0.1) is 5.82 Å². The van der Waals surface area contributed by atoms with Crippen LogP contribution in [0.1, 0.15) is 21.9 Å². The summed E-state index contributed by atoms with van der Waals surface area (Å²) in [5.74, 6) is -1.04. The van der Waals surface area contributed by atoms with Crippen LogP contribution < -0.4 is 0 Å². The summed E-state index contributed by atoms with van der Waals surface area (Å²) in [6, 6.07) is 17.2. The Morgan fingerprint density at radius 2 is 1.89 bits per heavy atom. The first-order valence-corrected chi connectivity index (χ1v) is 8.30. The normalized spacial score (nSPS) is 11.4. The molecular weight excluding hydrogens is 347 g/mol. The molecule has 0 amide bonds. The average Bonchev–Trinajstić information content (AvgIpc) is 3.27. The highest BCUT2D eigenvalue weighted by molar-refractivity contribution is 6.00. The number of fused-ring (bicyclic) bond motifs is 1. The highest BCUT2D eigenvalue weighted by Gasteiger charge is 2.12. The summed E-state index contributed by atoms with van der Waals surface area (Å²) in [5, 5.41) is 9.95. The highest BCUT2D eigenvalue weighted by atomic mass is 19.1. The molecule has 0 atom stereocenters. The lowest BCUT2D eigenvalue weighted by Gasteiger charge is -2.02. The Kier molecular flexibility index (Phi) is 4.30. The molecule has 0 unspecified atom stereocenters. The van der Waals surface area contributed by atoms with E-state index in [4.69, 9.17) is 9.52 Å². The Balaban J connectivity index is 1.70. The summed E-state index contributed by atoms with van der Waals surface area (Å²) in [6.45, 7) is 0.376. The number of carboxylic acid groups (broad SMARTS) is 1. The zero-order valence-electron chi connectivity index (χ0n) is 14.2. The Labute approximate surface area is 154 Å². The molecule has 6 heteroatoms. The van der Waals surface area contributed by atoms with E-state index in [-0.39, 0.29) is 17.3 Å². The molecule has 1 N–H and O–H groups in total. The summed E-state index contributed by atoms with van der Waals surface area (Å²) >= 11 is 0. The van der Waals surface area contributed by atoms with E-state index in [0.717, 1.165) is 16.5 Å². The Morgan fingerprint density at radius 1 is 1.11 bits per heavy atom. The Morgan fingerprint density at radius 3 is 2.67 bits per heavy atom. The molecule has 0 radical (unpaired) electrons. The molecule has 2 aromatic heterocycles. The third kappa shape index (κ3) is 3.37. The van der Waals surface area contributed by atoms with Gasteiger partial charge in [0.25, 0.3) is 0 Å². The molecule has 0 saturated heterocycles. The van der Waals surface area contributed by atoms with Gasteiger partial charge in [0, 0.05) is 28.9 Å². The topological polar surface area (TPSA) is 67.7 Å². The second-order valence-corrected chi connectivity index (χ2v) is 6.01. The van der Waals surface area contributed by atoms with Crippen LogP contribution in [0.2, 0.25) is 0 Å². The van der Waals surface area contributed by atoms with Gasteiger partial charge in [-0.05, 0) is 30.3 Å². The molecule has 0 bridgehead atoms. The molecule has 0 spiro atoms. The van der Waals surface area contributed by atoms with Crippen LogP contribution in [0.5, 0.6) is 0 Å². The molecule has 0 fully saturated rings. The second-order valence-electron chi connectivity index (χ2n) is 6.01. The Hall–Kier alpha value is -3.67. The minimum atomic E-state index is -1.10. The predicted octanol–water partition coefficient (Wildman–Crippen LogP) is 4.87. The predicted molar refractivity (Wildman–Crippen MR) is 100 cm³/mol. The number of halogens is 1. The van der Waals surface area contributed by atoms with E-state index in [0.29, 0.717) is 12.3 Å². The van der Waals surface area contributed by atoms with Gasteiger partial charge in [0.1, 0.15) is 11.6 Å². The molecule has 2 heterocycles. The van der Waals surface area contributed by atoms with Gasteiger partial charge in [0.15, 0.2) is 0 Å². The van der Waals surface area contributed by atoms with Gasteiger partial charge < -0.3 is 14.1 Å². The molecule has 0 aliphatic heterocycles. The van der Waals surface area contributed by atoms with Crippen molar-refractivity contribution < 1.29 is 18.7 Å². The van der Waals surface area contributed by atoms with Crippen LogP contribution in [0.3, 0.4) is 0 Å². The smallest absolute Gasteiger partial charge is 0.371 e. The van der Waals surface area contributed by atoms with Gasteiger partial charge in [0.05, 0.1) is 12.2 Å². The van der Waals surface area contributed by atoms with Crippen LogP contribution >= 0.6 is 0 Å². The fourth-order valence-corrected chi connectivity index (χ4v) is 2.95. The summed E-state index contributed by atoms with van der Waals surface area (Å²) in [4.78, 5) is 15.2. The lowest BCUT2D eigenvalue weighted by molar-refractivity contribution is 0.0660. The van der Waals surface area contributed by atoms with Crippen molar-refractivity contribution in [3.05, 3.63) is 89.8 Å². The number of aromatic nitrogens is 1. The maximum absolute atomic E-state index is 13.8. The van der Waals surface area contributed by atoms with E-state index in [1.165, 1.54) is 12.1 Å². The number of hydrogen-bond acceptors (Lipinski definition) is 3. The largest absolute Gasteiger partial charge is 0.475 e. The quantitative estimate of drug-likeness (QED) is 0.515. The van der Waals surface area contributed by atoms with E-state index in [1.807, 2.05) is 35.0 Å². The molecule has 134 valence electrons. The first-order chi connectivity index (χ1) is 13.1. The van der Waals surface area contributed by atoms with Crippen LogP contribution in [-0.4, -0.2) is 21.9 Å². The maximum atomic E-state index is 13.8. The molecule has 27 heavy (non-hydrogen) atoms. The van der Waals surface area contributed by atoms with Crippen molar-refractivity contribution >= 4 is 28.8 Å². The van der Waals surface area contributed by atoms with Gasteiger partial charge in [-0.15, -0.1) is 0 Å². The number of aliphatic imine (C=N–C) groups is 1. The number of carbonyl (C=O) groups is 1. The third-order valence-electron chi connectivity index (χ3n) is 4.21. The van der Waals surface area contributed by atoms with Crippen LogP contribution in [0.15, 0.2) is 76.3 Å². The number of nitrogens with zero attached hydrogens (tertiary/aromatic N) is 2. The van der Waals surface area contributed by atoms with E-state index in [9.17, 15) is 9.18 Å². The Bertz CT molecular complexity index is 1160. The number of aromatic carboxylic acids is 1. The van der Waals surface area contributed by atoms with Gasteiger partial charge >= 0.3 is 5.97 Å². The van der Waals surface area contributed by atoms with Crippen molar-refractivity contribution in [3.63, 3.8) is 0 Å². The SMILES string of the molecule is O=C(O)c1ccc(Cn2cc(C=Nc3ccccc3F)c3ccccc32)o1. The van der Waals surface area contributed by atoms with E-state index < -0.39 is 5.97 Å². The van der Waals surface area contributed by atoms with E-state index in [1.54, 1.807) is 30.5 Å². The third-order valence-corrected chi connectivity index (χ3v) is 4.21. The standard InChI is InChI=1S/C21H15FN2O3/c22-17-6-2-3-7-18(17)23-11-14-12-24(19-8-4-1-5-16(14)19)13-15-9-10-20(27-15)21(25)26/h1-12H,13H2,(H,25,26). The highest BCUT2D eigenvalue weighted by Crippen LogP contribution is 2.23. The van der Waals surface area contributed by atoms with Crippen LogP contribution in [0.25, 0.3) is 10.9 Å². The monoisotopic (exact) mass is 362 g/mol. The minimum absolute atomic E-state index is 0.0946. The lowest BCUT2D eigenvalue weighted by Crippen LogP contribution is -1.97. The summed E-state index contributed by atoms with van der Waals surface area (Å²) in [5.41, 5.74) is 2.05. The first-order valence-electron chi connectivity index (χ1n) is 8.30. The first kappa shape index (κ1) is 16.8. The number of hydrogen-bond donors (Lipinski definition) is 1. The van der Waals surface area contributed by atoms with Gasteiger partial charge in [-0.2, -0.15) is 0 Å². The van der Waals surface area contributed by atoms with Crippen molar-refractivity contribution in [2.75, 3.05) is 0 Å². The van der Waals surface area contributed by atoms with Gasteiger partial charge in [-0.25, -0.2) is 9.18 Å². The van der Waals surface area contributed by atoms with Gasteiger partial charge in [0.2, 0.25) is 5.76 Å². The molecule has 2 aromatic carbocycles. The molecule has 0 aliphatic carbocycles. The summed E-state index contributed by atoms with van der Waals surface area (Å²) in [6.07, 6.45) is 3.51. The maximum Gasteiger partial charge on any atom is 0.371 e. The van der Waals surface area contributed by atoms with Crippen molar-refractivity contribution in [3.8, 4) is 0 Å². The lowest BCUT2D eigenvalue weighted by atomic mass is 10.2. The average molecular weight is 362 g/mol. The number of rotatable bonds is 5. The fourth-order valence-electron chi connectivity index (χ4n) is 2.95. The van der Waals surface area contributed by atoms with Crippen LogP contribution in [0.4, 0.5) is 10.1 Å². The second kappa shape index (κ2) is 6.92. The van der Waals surface area contributed by atoms with Crippen molar-refractivity contribution in [2.24, 2.45) is 4.99 Å². The van der Waals surface area contributed by atoms with Gasteiger partial charge in [-0.1, -0.05) is 30.3 Å². The molecule has 5 nitrogen and oxygen atoms in total. The molecular formula is C21H15FN2O3. The van der Waals surface area contributed by atoms with Crippen molar-refractivity contribution in [1.29, 1.82) is 0 Å². The summed E-state index contributed by atoms with van der Waals surface area (Å²) in [7, 11) is 0. The molecule has 4 rings (SSSR count). The van der Waals surface area contributed by atoms with Crippen LogP contribution in [-0.2, 0) is 6.54 Å². The summed E-state index contributed by atoms with van der Waals surface area (Å²) < 4.78 is 21.1. The molecule has 0 aliphatic rings. The zero-order chi connectivity index (χ0) is 18.8. The van der Waals surface area contributed by atoms with Crippen molar-refractivity contribution in [1.82, 2.24) is 4.57 Å². The number of para-hydroxylation sites is 2. The zero-order valence-corrected chi connectivity index (χ0v) is 14.2. The van der Waals surface area contributed by atoms with Crippen molar-refractivity contribution in [2.45, 2.75) is 6.54 Å². The van der Waals surface area contributed by atoms with Gasteiger partial charge in [-0.3, -0.25) is 4.99 Å². The van der Waals surface area contributed by atoms with E-state index in [2.05, 4.69) is 4.99 Å². The number of carboxylic acids is 1.